The van der Waals surface area contributed by atoms with Crippen molar-refractivity contribution in [2.45, 2.75) is 25.5 Å². The number of thiophene rings is 1. The molecule has 5 nitrogen and oxygen atoms in total. The number of rotatable bonds is 7. The number of hydrogen-bond donors (Lipinski definition) is 2. The second kappa shape index (κ2) is 8.94. The molecule has 1 aromatic rings. The first-order valence-corrected chi connectivity index (χ1v) is 7.97. The van der Waals surface area contributed by atoms with Crippen molar-refractivity contribution in [1.82, 2.24) is 10.6 Å². The molecule has 1 unspecified atom stereocenters. The average molecular weight is 297 g/mol. The van der Waals surface area contributed by atoms with Gasteiger partial charge in [-0.2, -0.15) is 11.3 Å². The Morgan fingerprint density at radius 2 is 2.50 bits per heavy atom. The predicted molar refractivity (Wildman–Crippen MR) is 82.3 cm³/mol. The molecule has 0 bridgehead atoms. The summed E-state index contributed by atoms with van der Waals surface area (Å²) in [6.07, 6.45) is 2.58. The van der Waals surface area contributed by atoms with Crippen LogP contribution in [0.2, 0.25) is 0 Å². The van der Waals surface area contributed by atoms with Crippen molar-refractivity contribution in [3.05, 3.63) is 22.4 Å². The molecule has 0 aromatic carbocycles. The number of ether oxygens (including phenoxy) is 2. The Balaban J connectivity index is 1.52. The van der Waals surface area contributed by atoms with Crippen LogP contribution in [0.25, 0.3) is 0 Å². The molecule has 6 heteroatoms. The second-order valence-corrected chi connectivity index (χ2v) is 5.47. The minimum absolute atomic E-state index is 0.297. The third-order valence-electron chi connectivity index (χ3n) is 3.13. The largest absolute Gasteiger partial charge is 0.377 e. The van der Waals surface area contributed by atoms with Crippen LogP contribution in [0.1, 0.15) is 18.4 Å². The summed E-state index contributed by atoms with van der Waals surface area (Å²) in [5.74, 6) is 0.803. The fourth-order valence-electron chi connectivity index (χ4n) is 2.03. The molecule has 1 aliphatic rings. The zero-order valence-electron chi connectivity index (χ0n) is 11.9. The Kier molecular flexibility index (Phi) is 6.83. The third-order valence-corrected chi connectivity index (χ3v) is 3.86. The number of hydrogen-bond acceptors (Lipinski definition) is 4. The number of aliphatic imine (C=N–C) groups is 1. The van der Waals surface area contributed by atoms with Gasteiger partial charge in [-0.1, -0.05) is 0 Å². The minimum Gasteiger partial charge on any atom is -0.377 e. The van der Waals surface area contributed by atoms with Gasteiger partial charge in [-0.25, -0.2) is 0 Å². The SMILES string of the molecule is CN=C(NCCOCC1CCCO1)NCc1ccsc1. The molecule has 1 aromatic heterocycles. The fourth-order valence-corrected chi connectivity index (χ4v) is 2.70. The highest BCUT2D eigenvalue weighted by Crippen LogP contribution is 2.11. The lowest BCUT2D eigenvalue weighted by Crippen LogP contribution is -2.38. The van der Waals surface area contributed by atoms with E-state index < -0.39 is 0 Å². The van der Waals surface area contributed by atoms with E-state index in [-0.39, 0.29) is 0 Å². The van der Waals surface area contributed by atoms with Gasteiger partial charge in [-0.05, 0) is 35.2 Å². The molecular formula is C14H23N3O2S. The maximum absolute atomic E-state index is 5.59. The van der Waals surface area contributed by atoms with Gasteiger partial charge in [-0.3, -0.25) is 4.99 Å². The van der Waals surface area contributed by atoms with E-state index in [1.807, 2.05) is 0 Å². The van der Waals surface area contributed by atoms with E-state index in [1.54, 1.807) is 18.4 Å². The van der Waals surface area contributed by atoms with E-state index in [4.69, 9.17) is 9.47 Å². The van der Waals surface area contributed by atoms with Gasteiger partial charge in [0.2, 0.25) is 0 Å². The first-order chi connectivity index (χ1) is 9.88. The summed E-state index contributed by atoms with van der Waals surface area (Å²) in [4.78, 5) is 4.18. The first kappa shape index (κ1) is 15.3. The molecule has 112 valence electrons. The lowest BCUT2D eigenvalue weighted by molar-refractivity contribution is 0.0191. The smallest absolute Gasteiger partial charge is 0.191 e. The van der Waals surface area contributed by atoms with Gasteiger partial charge in [0.05, 0.1) is 19.3 Å². The van der Waals surface area contributed by atoms with Gasteiger partial charge >= 0.3 is 0 Å². The molecule has 1 atom stereocenters. The third kappa shape index (κ3) is 5.48. The summed E-state index contributed by atoms with van der Waals surface area (Å²) < 4.78 is 11.1. The lowest BCUT2D eigenvalue weighted by atomic mass is 10.2. The summed E-state index contributed by atoms with van der Waals surface area (Å²) in [7, 11) is 1.77. The van der Waals surface area contributed by atoms with Crippen molar-refractivity contribution >= 4 is 17.3 Å². The highest BCUT2D eigenvalue weighted by molar-refractivity contribution is 7.07. The van der Waals surface area contributed by atoms with E-state index in [1.165, 1.54) is 5.56 Å². The second-order valence-electron chi connectivity index (χ2n) is 4.69. The van der Waals surface area contributed by atoms with Gasteiger partial charge < -0.3 is 20.1 Å². The van der Waals surface area contributed by atoms with Crippen LogP contribution in [0, 0.1) is 0 Å². The Bertz CT molecular complexity index is 389. The molecular weight excluding hydrogens is 274 g/mol. The van der Waals surface area contributed by atoms with Gasteiger partial charge in [0.15, 0.2) is 5.96 Å². The van der Waals surface area contributed by atoms with E-state index in [9.17, 15) is 0 Å². The van der Waals surface area contributed by atoms with E-state index >= 15 is 0 Å². The molecule has 0 saturated carbocycles. The van der Waals surface area contributed by atoms with Crippen LogP contribution in [-0.2, 0) is 16.0 Å². The summed E-state index contributed by atoms with van der Waals surface area (Å²) in [6.45, 7) is 3.78. The van der Waals surface area contributed by atoms with Crippen molar-refractivity contribution in [1.29, 1.82) is 0 Å². The lowest BCUT2D eigenvalue weighted by Gasteiger charge is -2.13. The monoisotopic (exact) mass is 297 g/mol. The normalized spacial score (nSPS) is 19.2. The Labute approximate surface area is 124 Å². The van der Waals surface area contributed by atoms with E-state index in [2.05, 4.69) is 32.5 Å². The quantitative estimate of drug-likeness (QED) is 0.456. The molecule has 20 heavy (non-hydrogen) atoms. The maximum Gasteiger partial charge on any atom is 0.191 e. The van der Waals surface area contributed by atoms with Crippen molar-refractivity contribution in [2.24, 2.45) is 4.99 Å². The van der Waals surface area contributed by atoms with Crippen molar-refractivity contribution in [3.8, 4) is 0 Å². The standard InChI is InChI=1S/C14H23N3O2S/c1-15-14(17-9-12-4-8-20-11-12)16-5-7-18-10-13-3-2-6-19-13/h4,8,11,13H,2-3,5-7,9-10H2,1H3,(H2,15,16,17). The zero-order valence-corrected chi connectivity index (χ0v) is 12.7. The Morgan fingerprint density at radius 3 is 3.20 bits per heavy atom. The molecule has 1 fully saturated rings. The maximum atomic E-state index is 5.59. The van der Waals surface area contributed by atoms with Gasteiger partial charge in [0, 0.05) is 26.7 Å². The highest BCUT2D eigenvalue weighted by Gasteiger charge is 2.14. The topological polar surface area (TPSA) is 54.9 Å². The number of nitrogens with one attached hydrogen (secondary N) is 2. The minimum atomic E-state index is 0.297. The Hall–Kier alpha value is -1.11. The molecule has 0 radical (unpaired) electrons. The summed E-state index contributed by atoms with van der Waals surface area (Å²) in [5.41, 5.74) is 1.27. The van der Waals surface area contributed by atoms with Crippen LogP contribution >= 0.6 is 11.3 Å². The van der Waals surface area contributed by atoms with Crippen molar-refractivity contribution < 1.29 is 9.47 Å². The first-order valence-electron chi connectivity index (χ1n) is 7.03. The summed E-state index contributed by atoms with van der Waals surface area (Å²) in [6, 6.07) is 2.11. The number of guanidine groups is 1. The average Bonchev–Trinajstić information content (AvgIpc) is 3.14. The van der Waals surface area contributed by atoms with Crippen LogP contribution in [0.5, 0.6) is 0 Å². The van der Waals surface area contributed by atoms with Gasteiger partial charge in [0.25, 0.3) is 0 Å². The van der Waals surface area contributed by atoms with E-state index in [0.717, 1.165) is 38.5 Å². The number of nitrogens with zero attached hydrogens (tertiary/aromatic N) is 1. The highest BCUT2D eigenvalue weighted by atomic mass is 32.1. The van der Waals surface area contributed by atoms with Crippen molar-refractivity contribution in [3.63, 3.8) is 0 Å². The van der Waals surface area contributed by atoms with Crippen LogP contribution in [-0.4, -0.2) is 45.5 Å². The van der Waals surface area contributed by atoms with E-state index in [0.29, 0.717) is 19.3 Å². The van der Waals surface area contributed by atoms with Crippen LogP contribution in [0.3, 0.4) is 0 Å². The molecule has 0 amide bonds. The molecule has 2 rings (SSSR count). The summed E-state index contributed by atoms with van der Waals surface area (Å²) in [5, 5.41) is 10.7. The molecule has 1 aliphatic heterocycles. The fraction of sp³-hybridized carbons (Fsp3) is 0.643. The van der Waals surface area contributed by atoms with Crippen LogP contribution in [0.15, 0.2) is 21.8 Å². The van der Waals surface area contributed by atoms with Gasteiger partial charge in [-0.15, -0.1) is 0 Å². The van der Waals surface area contributed by atoms with Crippen LogP contribution < -0.4 is 10.6 Å². The molecule has 0 aliphatic carbocycles. The molecule has 2 heterocycles. The zero-order chi connectivity index (χ0) is 14.0. The van der Waals surface area contributed by atoms with Gasteiger partial charge in [0.1, 0.15) is 0 Å². The molecule has 0 spiro atoms. The van der Waals surface area contributed by atoms with Crippen molar-refractivity contribution in [2.75, 3.05) is 33.4 Å². The molecule has 2 N–H and O–H groups in total. The van der Waals surface area contributed by atoms with Crippen LogP contribution in [0.4, 0.5) is 0 Å². The summed E-state index contributed by atoms with van der Waals surface area (Å²) >= 11 is 1.70. The Morgan fingerprint density at radius 1 is 1.55 bits per heavy atom. The predicted octanol–water partition coefficient (Wildman–Crippen LogP) is 1.61. The molecule has 1 saturated heterocycles.